The lowest BCUT2D eigenvalue weighted by atomic mass is 9.87. The molecule has 1 saturated heterocycles. The molecule has 3 heteroatoms. The Kier molecular flexibility index (Phi) is 3.71. The van der Waals surface area contributed by atoms with Crippen LogP contribution in [0, 0.1) is 0 Å². The molecule has 0 saturated carbocycles. The van der Waals surface area contributed by atoms with Gasteiger partial charge in [0.15, 0.2) is 0 Å². The number of rotatable bonds is 1. The molecule has 1 fully saturated rings. The molecule has 0 radical (unpaired) electrons. The van der Waals surface area contributed by atoms with E-state index in [4.69, 9.17) is 0 Å². The number of carbonyl (C=O) groups excluding carboxylic acids is 1. The molecular formula is C15H21NOS. The number of benzene rings is 1. The van der Waals surface area contributed by atoms with Crippen molar-refractivity contribution in [3.05, 3.63) is 35.4 Å². The summed E-state index contributed by atoms with van der Waals surface area (Å²) in [5.41, 5.74) is 2.76. The predicted molar refractivity (Wildman–Crippen MR) is 77.7 cm³/mol. The van der Waals surface area contributed by atoms with Crippen molar-refractivity contribution in [2.45, 2.75) is 38.5 Å². The van der Waals surface area contributed by atoms with E-state index < -0.39 is 0 Å². The molecular weight excluding hydrogens is 242 g/mol. The Bertz CT molecular complexity index is 433. The van der Waals surface area contributed by atoms with Crippen LogP contribution in [0.5, 0.6) is 0 Å². The van der Waals surface area contributed by atoms with Crippen molar-refractivity contribution in [3.63, 3.8) is 0 Å². The van der Waals surface area contributed by atoms with E-state index in [1.54, 1.807) is 6.92 Å². The van der Waals surface area contributed by atoms with E-state index in [0.29, 0.717) is 0 Å². The maximum Gasteiger partial charge on any atom is 0.220 e. The summed E-state index contributed by atoms with van der Waals surface area (Å²) < 4.78 is 0. The molecule has 1 amide bonds. The Morgan fingerprint density at radius 2 is 1.89 bits per heavy atom. The minimum Gasteiger partial charge on any atom is -0.326 e. The lowest BCUT2D eigenvalue weighted by Crippen LogP contribution is -2.27. The third-order valence-electron chi connectivity index (χ3n) is 3.36. The highest BCUT2D eigenvalue weighted by Crippen LogP contribution is 2.38. The second kappa shape index (κ2) is 4.96. The summed E-state index contributed by atoms with van der Waals surface area (Å²) in [7, 11) is 0. The van der Waals surface area contributed by atoms with Crippen molar-refractivity contribution in [2.24, 2.45) is 0 Å². The van der Waals surface area contributed by atoms with Crippen molar-refractivity contribution < 1.29 is 4.79 Å². The van der Waals surface area contributed by atoms with Gasteiger partial charge in [0.05, 0.1) is 0 Å². The molecule has 98 valence electrons. The van der Waals surface area contributed by atoms with Crippen LogP contribution in [0.4, 0.5) is 0 Å². The Morgan fingerprint density at radius 3 is 2.39 bits per heavy atom. The third-order valence-corrected chi connectivity index (χ3v) is 4.62. The van der Waals surface area contributed by atoms with Crippen molar-refractivity contribution in [1.29, 1.82) is 0 Å². The Labute approximate surface area is 114 Å². The highest BCUT2D eigenvalue weighted by Gasteiger charge is 2.28. The van der Waals surface area contributed by atoms with Crippen molar-refractivity contribution in [2.75, 3.05) is 12.3 Å². The number of amides is 1. The van der Waals surface area contributed by atoms with Gasteiger partial charge in [-0.05, 0) is 16.5 Å². The van der Waals surface area contributed by atoms with E-state index in [1.165, 1.54) is 11.1 Å². The summed E-state index contributed by atoms with van der Waals surface area (Å²) >= 11 is 1.85. The first-order valence-corrected chi connectivity index (χ1v) is 7.44. The average Bonchev–Trinajstić information content (AvgIpc) is 2.77. The van der Waals surface area contributed by atoms with Crippen LogP contribution in [0.15, 0.2) is 24.3 Å². The molecule has 2 nitrogen and oxygen atoms in total. The molecule has 1 aromatic rings. The summed E-state index contributed by atoms with van der Waals surface area (Å²) in [6.45, 7) is 9.17. The van der Waals surface area contributed by atoms with Gasteiger partial charge in [0.2, 0.25) is 5.91 Å². The molecule has 1 heterocycles. The minimum absolute atomic E-state index is 0.171. The van der Waals surface area contributed by atoms with E-state index >= 15 is 0 Å². The molecule has 1 atom stereocenters. The first kappa shape index (κ1) is 13.5. The van der Waals surface area contributed by atoms with Gasteiger partial charge in [-0.1, -0.05) is 45.0 Å². The maximum absolute atomic E-state index is 11.6. The SMILES string of the molecule is CC(=O)N1CCSC1c1ccc(C(C)(C)C)cc1. The summed E-state index contributed by atoms with van der Waals surface area (Å²) in [5.74, 6) is 1.20. The van der Waals surface area contributed by atoms with Gasteiger partial charge in [-0.25, -0.2) is 0 Å². The van der Waals surface area contributed by atoms with E-state index in [9.17, 15) is 4.79 Å². The highest BCUT2D eigenvalue weighted by atomic mass is 32.2. The van der Waals surface area contributed by atoms with Crippen LogP contribution in [-0.2, 0) is 10.2 Å². The summed E-state index contributed by atoms with van der Waals surface area (Å²) in [4.78, 5) is 13.5. The summed E-state index contributed by atoms with van der Waals surface area (Å²) in [6.07, 6.45) is 0. The van der Waals surface area contributed by atoms with Crippen LogP contribution >= 0.6 is 11.8 Å². The molecule has 0 N–H and O–H groups in total. The summed E-state index contributed by atoms with van der Waals surface area (Å²) in [6, 6.07) is 8.71. The van der Waals surface area contributed by atoms with E-state index in [2.05, 4.69) is 45.0 Å². The van der Waals surface area contributed by atoms with Gasteiger partial charge >= 0.3 is 0 Å². The quantitative estimate of drug-likeness (QED) is 0.772. The maximum atomic E-state index is 11.6. The van der Waals surface area contributed by atoms with Crippen LogP contribution in [0.2, 0.25) is 0 Å². The van der Waals surface area contributed by atoms with E-state index in [1.807, 2.05) is 16.7 Å². The first-order valence-electron chi connectivity index (χ1n) is 6.39. The molecule has 0 spiro atoms. The number of carbonyl (C=O) groups is 1. The summed E-state index contributed by atoms with van der Waals surface area (Å²) in [5, 5.41) is 0.205. The molecule has 1 aliphatic rings. The molecule has 1 unspecified atom stereocenters. The molecule has 0 aliphatic carbocycles. The fourth-order valence-corrected chi connectivity index (χ4v) is 3.53. The number of hydrogen-bond acceptors (Lipinski definition) is 2. The Hall–Kier alpha value is -0.960. The number of hydrogen-bond donors (Lipinski definition) is 0. The first-order chi connectivity index (χ1) is 8.39. The fourth-order valence-electron chi connectivity index (χ4n) is 2.22. The monoisotopic (exact) mass is 263 g/mol. The van der Waals surface area contributed by atoms with Crippen LogP contribution in [0.3, 0.4) is 0 Å². The molecule has 2 rings (SSSR count). The molecule has 0 bridgehead atoms. The van der Waals surface area contributed by atoms with Crippen LogP contribution in [0.25, 0.3) is 0 Å². The smallest absolute Gasteiger partial charge is 0.220 e. The van der Waals surface area contributed by atoms with Crippen molar-refractivity contribution in [1.82, 2.24) is 4.90 Å². The van der Waals surface area contributed by atoms with E-state index in [0.717, 1.165) is 12.3 Å². The lowest BCUT2D eigenvalue weighted by Gasteiger charge is -2.24. The zero-order chi connectivity index (χ0) is 13.3. The lowest BCUT2D eigenvalue weighted by molar-refractivity contribution is -0.128. The normalized spacial score (nSPS) is 20.2. The van der Waals surface area contributed by atoms with Crippen molar-refractivity contribution in [3.8, 4) is 0 Å². The van der Waals surface area contributed by atoms with E-state index in [-0.39, 0.29) is 16.7 Å². The molecule has 18 heavy (non-hydrogen) atoms. The molecule has 0 aromatic heterocycles. The highest BCUT2D eigenvalue weighted by molar-refractivity contribution is 7.99. The van der Waals surface area contributed by atoms with Gasteiger partial charge in [0.25, 0.3) is 0 Å². The average molecular weight is 263 g/mol. The van der Waals surface area contributed by atoms with Gasteiger partial charge in [-0.2, -0.15) is 0 Å². The Morgan fingerprint density at radius 1 is 1.28 bits per heavy atom. The van der Waals surface area contributed by atoms with Crippen LogP contribution < -0.4 is 0 Å². The largest absolute Gasteiger partial charge is 0.326 e. The zero-order valence-corrected chi connectivity index (χ0v) is 12.4. The van der Waals surface area contributed by atoms with Gasteiger partial charge in [-0.3, -0.25) is 4.79 Å². The fraction of sp³-hybridized carbons (Fsp3) is 0.533. The Balaban J connectivity index is 2.22. The van der Waals surface area contributed by atoms with Gasteiger partial charge < -0.3 is 4.90 Å². The van der Waals surface area contributed by atoms with Crippen LogP contribution in [0.1, 0.15) is 44.2 Å². The van der Waals surface area contributed by atoms with Gasteiger partial charge in [-0.15, -0.1) is 11.8 Å². The molecule has 1 aliphatic heterocycles. The number of nitrogens with zero attached hydrogens (tertiary/aromatic N) is 1. The molecule has 1 aromatic carbocycles. The standard InChI is InChI=1S/C15H21NOS/c1-11(17)16-9-10-18-14(16)12-5-7-13(8-6-12)15(2,3)4/h5-8,14H,9-10H2,1-4H3. The topological polar surface area (TPSA) is 20.3 Å². The zero-order valence-electron chi connectivity index (χ0n) is 11.6. The van der Waals surface area contributed by atoms with Crippen LogP contribution in [-0.4, -0.2) is 23.1 Å². The second-order valence-electron chi connectivity index (χ2n) is 5.81. The van der Waals surface area contributed by atoms with Crippen molar-refractivity contribution >= 4 is 17.7 Å². The van der Waals surface area contributed by atoms with Gasteiger partial charge in [0.1, 0.15) is 5.37 Å². The van der Waals surface area contributed by atoms with Gasteiger partial charge in [0, 0.05) is 19.2 Å². The minimum atomic E-state index is 0.171. The number of thioether (sulfide) groups is 1. The second-order valence-corrected chi connectivity index (χ2v) is 7.00. The third kappa shape index (κ3) is 2.72. The predicted octanol–water partition coefficient (Wildman–Crippen LogP) is 3.58.